The van der Waals surface area contributed by atoms with Gasteiger partial charge in [-0.3, -0.25) is 14.5 Å². The molecule has 0 aromatic heterocycles. The smallest absolute Gasteiger partial charge is 0.411 e. The van der Waals surface area contributed by atoms with Gasteiger partial charge in [0, 0.05) is 0 Å². The van der Waals surface area contributed by atoms with Crippen molar-refractivity contribution in [3.63, 3.8) is 0 Å². The van der Waals surface area contributed by atoms with Crippen molar-refractivity contribution in [3.05, 3.63) is 35.9 Å². The molecule has 2 amide bonds. The van der Waals surface area contributed by atoms with Crippen LogP contribution in [0.3, 0.4) is 0 Å². The summed E-state index contributed by atoms with van der Waals surface area (Å²) in [6, 6.07) is 7.51. The number of amides is 2. The van der Waals surface area contributed by atoms with Crippen molar-refractivity contribution in [2.75, 3.05) is 0 Å². The largest absolute Gasteiger partial charge is 0.444 e. The first-order valence-electron chi connectivity index (χ1n) is 8.74. The monoisotopic (exact) mass is 378 g/mol. The second kappa shape index (κ2) is 8.39. The number of hydrogen-bond donors (Lipinski definition) is 1. The molecule has 0 radical (unpaired) electrons. The number of rotatable bonds is 6. The molecule has 27 heavy (non-hydrogen) atoms. The Morgan fingerprint density at radius 1 is 1.30 bits per heavy atom. The molecule has 0 spiro atoms. The Labute approximate surface area is 158 Å². The number of hydrogen-bond acceptors (Lipinski definition) is 6. The van der Waals surface area contributed by atoms with Crippen LogP contribution in [0.15, 0.2) is 30.3 Å². The standard InChI is InChI=1S/C19H26N2O6/c1-12(16(20)23)21(18(24)27-19(2,3)4)14-10-15(22)26-17(14)25-11-13-8-6-5-7-9-13/h5-9,12,14,17H,10-11H2,1-4H3,(H2,20,23)/t12-,14?,17?/m0/s1. The van der Waals surface area contributed by atoms with Crippen LogP contribution >= 0.6 is 0 Å². The molecule has 148 valence electrons. The zero-order valence-corrected chi connectivity index (χ0v) is 16.0. The highest BCUT2D eigenvalue weighted by atomic mass is 16.7. The van der Waals surface area contributed by atoms with Gasteiger partial charge in [-0.2, -0.15) is 0 Å². The summed E-state index contributed by atoms with van der Waals surface area (Å²) in [5, 5.41) is 0. The predicted molar refractivity (Wildman–Crippen MR) is 96.2 cm³/mol. The van der Waals surface area contributed by atoms with Crippen LogP contribution in [0, 0.1) is 0 Å². The molecule has 1 heterocycles. The number of cyclic esters (lactones) is 1. The van der Waals surface area contributed by atoms with Crippen LogP contribution < -0.4 is 5.73 Å². The molecule has 0 aliphatic carbocycles. The zero-order chi connectivity index (χ0) is 20.2. The van der Waals surface area contributed by atoms with E-state index < -0.39 is 41.9 Å². The minimum atomic E-state index is -1.02. The third-order valence-corrected chi connectivity index (χ3v) is 3.99. The first kappa shape index (κ1) is 20.7. The third-order valence-electron chi connectivity index (χ3n) is 3.99. The Kier molecular flexibility index (Phi) is 6.43. The normalized spacial score (nSPS) is 20.7. The van der Waals surface area contributed by atoms with E-state index in [0.717, 1.165) is 10.5 Å². The van der Waals surface area contributed by atoms with Gasteiger partial charge in [-0.1, -0.05) is 30.3 Å². The lowest BCUT2D eigenvalue weighted by Crippen LogP contribution is -2.55. The Balaban J connectivity index is 2.20. The van der Waals surface area contributed by atoms with E-state index in [9.17, 15) is 14.4 Å². The summed E-state index contributed by atoms with van der Waals surface area (Å²) in [5.74, 6) is -1.25. The zero-order valence-electron chi connectivity index (χ0n) is 16.0. The minimum absolute atomic E-state index is 0.115. The maximum Gasteiger partial charge on any atom is 0.411 e. The molecule has 8 heteroatoms. The number of nitrogens with zero attached hydrogens (tertiary/aromatic N) is 1. The van der Waals surface area contributed by atoms with Gasteiger partial charge in [-0.05, 0) is 33.3 Å². The number of carbonyl (C=O) groups is 3. The number of carbonyl (C=O) groups excluding carboxylic acids is 3. The summed E-state index contributed by atoms with van der Waals surface area (Å²) in [7, 11) is 0. The Morgan fingerprint density at radius 3 is 2.48 bits per heavy atom. The Hall–Kier alpha value is -2.61. The molecule has 2 unspecified atom stereocenters. The van der Waals surface area contributed by atoms with Crippen LogP contribution in [-0.2, 0) is 30.4 Å². The fourth-order valence-corrected chi connectivity index (χ4v) is 2.68. The molecule has 1 aromatic rings. The van der Waals surface area contributed by atoms with Crippen molar-refractivity contribution in [2.45, 2.75) is 64.7 Å². The lowest BCUT2D eigenvalue weighted by molar-refractivity contribution is -0.172. The van der Waals surface area contributed by atoms with Gasteiger partial charge in [0.1, 0.15) is 17.7 Å². The maximum absolute atomic E-state index is 12.7. The van der Waals surface area contributed by atoms with Crippen molar-refractivity contribution in [1.29, 1.82) is 0 Å². The number of esters is 1. The lowest BCUT2D eigenvalue weighted by Gasteiger charge is -2.35. The van der Waals surface area contributed by atoms with Crippen LogP contribution in [0.1, 0.15) is 39.7 Å². The molecule has 8 nitrogen and oxygen atoms in total. The van der Waals surface area contributed by atoms with Crippen LogP contribution in [0.2, 0.25) is 0 Å². The molecular weight excluding hydrogens is 352 g/mol. The summed E-state index contributed by atoms with van der Waals surface area (Å²) >= 11 is 0. The second-order valence-electron chi connectivity index (χ2n) is 7.39. The van der Waals surface area contributed by atoms with Gasteiger partial charge < -0.3 is 19.9 Å². The van der Waals surface area contributed by atoms with E-state index >= 15 is 0 Å². The van der Waals surface area contributed by atoms with Crippen LogP contribution in [0.5, 0.6) is 0 Å². The molecule has 1 saturated heterocycles. The third kappa shape index (κ3) is 5.68. The summed E-state index contributed by atoms with van der Waals surface area (Å²) in [6.07, 6.45) is -1.89. The van der Waals surface area contributed by atoms with E-state index in [4.69, 9.17) is 19.9 Å². The summed E-state index contributed by atoms with van der Waals surface area (Å²) in [6.45, 7) is 6.78. The van der Waals surface area contributed by atoms with Crippen molar-refractivity contribution < 1.29 is 28.6 Å². The van der Waals surface area contributed by atoms with E-state index in [1.165, 1.54) is 6.92 Å². The molecule has 1 aromatic carbocycles. The average molecular weight is 378 g/mol. The molecule has 2 N–H and O–H groups in total. The number of nitrogens with two attached hydrogens (primary N) is 1. The Bertz CT molecular complexity index is 685. The van der Waals surface area contributed by atoms with E-state index in [1.807, 2.05) is 30.3 Å². The van der Waals surface area contributed by atoms with Gasteiger partial charge in [0.15, 0.2) is 0 Å². The van der Waals surface area contributed by atoms with Gasteiger partial charge in [-0.25, -0.2) is 4.79 Å². The van der Waals surface area contributed by atoms with E-state index in [2.05, 4.69) is 0 Å². The van der Waals surface area contributed by atoms with E-state index in [1.54, 1.807) is 20.8 Å². The summed E-state index contributed by atoms with van der Waals surface area (Å²) in [4.78, 5) is 37.4. The number of ether oxygens (including phenoxy) is 3. The fraction of sp³-hybridized carbons (Fsp3) is 0.526. The first-order valence-corrected chi connectivity index (χ1v) is 8.74. The maximum atomic E-state index is 12.7. The molecule has 1 aliphatic rings. The number of benzene rings is 1. The highest BCUT2D eigenvalue weighted by molar-refractivity contribution is 5.85. The first-order chi connectivity index (χ1) is 12.6. The van der Waals surface area contributed by atoms with Crippen molar-refractivity contribution >= 4 is 18.0 Å². The molecule has 1 aliphatic heterocycles. The molecule has 1 fully saturated rings. The SMILES string of the molecule is C[C@@H](C(N)=O)N(C(=O)OC(C)(C)C)C1CC(=O)OC1OCc1ccccc1. The lowest BCUT2D eigenvalue weighted by atomic mass is 10.1. The van der Waals surface area contributed by atoms with Gasteiger partial charge in [-0.15, -0.1) is 0 Å². The van der Waals surface area contributed by atoms with E-state index in [-0.39, 0.29) is 13.0 Å². The molecular formula is C19H26N2O6. The fourth-order valence-electron chi connectivity index (χ4n) is 2.68. The van der Waals surface area contributed by atoms with E-state index in [0.29, 0.717) is 0 Å². The van der Waals surface area contributed by atoms with Gasteiger partial charge in [0.25, 0.3) is 0 Å². The minimum Gasteiger partial charge on any atom is -0.444 e. The van der Waals surface area contributed by atoms with Gasteiger partial charge >= 0.3 is 12.1 Å². The average Bonchev–Trinajstić information content (AvgIpc) is 2.92. The predicted octanol–water partition coefficient (Wildman–Crippen LogP) is 1.96. The quantitative estimate of drug-likeness (QED) is 0.758. The van der Waals surface area contributed by atoms with Crippen molar-refractivity contribution in [3.8, 4) is 0 Å². The number of primary amides is 1. The summed E-state index contributed by atoms with van der Waals surface area (Å²) in [5.41, 5.74) is 5.50. The topological polar surface area (TPSA) is 108 Å². The van der Waals surface area contributed by atoms with Crippen molar-refractivity contribution in [1.82, 2.24) is 4.90 Å². The van der Waals surface area contributed by atoms with Crippen LogP contribution in [-0.4, -0.2) is 46.8 Å². The molecule has 3 atom stereocenters. The second-order valence-corrected chi connectivity index (χ2v) is 7.39. The van der Waals surface area contributed by atoms with Crippen molar-refractivity contribution in [2.24, 2.45) is 5.73 Å². The van der Waals surface area contributed by atoms with Gasteiger partial charge in [0.05, 0.1) is 13.0 Å². The highest BCUT2D eigenvalue weighted by Gasteiger charge is 2.46. The Morgan fingerprint density at radius 2 is 1.93 bits per heavy atom. The highest BCUT2D eigenvalue weighted by Crippen LogP contribution is 2.27. The van der Waals surface area contributed by atoms with Gasteiger partial charge in [0.2, 0.25) is 12.2 Å². The van der Waals surface area contributed by atoms with Crippen LogP contribution in [0.25, 0.3) is 0 Å². The van der Waals surface area contributed by atoms with Crippen LogP contribution in [0.4, 0.5) is 4.79 Å². The molecule has 2 rings (SSSR count). The molecule has 0 bridgehead atoms. The molecule has 0 saturated carbocycles. The summed E-state index contributed by atoms with van der Waals surface area (Å²) < 4.78 is 16.3.